The molecule has 0 heterocycles. The maximum atomic E-state index is 11.3. The first-order chi connectivity index (χ1) is 8.04. The average molecular weight is 303 g/mol. The molecule has 0 fully saturated rings. The lowest BCUT2D eigenvalue weighted by Crippen LogP contribution is -2.14. The van der Waals surface area contributed by atoms with Gasteiger partial charge in [-0.2, -0.15) is 0 Å². The second-order valence-electron chi connectivity index (χ2n) is 3.18. The van der Waals surface area contributed by atoms with Crippen molar-refractivity contribution in [2.75, 3.05) is 11.9 Å². The van der Waals surface area contributed by atoms with Crippen LogP contribution in [0.5, 0.6) is 0 Å². The molecule has 0 spiro atoms. The monoisotopic (exact) mass is 302 g/mol. The summed E-state index contributed by atoms with van der Waals surface area (Å²) in [6.45, 7) is 2.21. The lowest BCUT2D eigenvalue weighted by Gasteiger charge is -2.07. The van der Waals surface area contributed by atoms with E-state index in [1.54, 1.807) is 0 Å². The van der Waals surface area contributed by atoms with Gasteiger partial charge in [-0.05, 0) is 28.4 Å². The number of nitrogens with zero attached hydrogens (tertiary/aromatic N) is 1. The van der Waals surface area contributed by atoms with Gasteiger partial charge in [0.1, 0.15) is 0 Å². The van der Waals surface area contributed by atoms with Crippen LogP contribution in [0.2, 0.25) is 0 Å². The smallest absolute Gasteiger partial charge is 0.411 e. The number of hydrogen-bond acceptors (Lipinski definition) is 4. The van der Waals surface area contributed by atoms with Gasteiger partial charge in [0, 0.05) is 16.6 Å². The Labute approximate surface area is 106 Å². The van der Waals surface area contributed by atoms with Gasteiger partial charge in [-0.1, -0.05) is 6.92 Å². The maximum Gasteiger partial charge on any atom is 0.411 e. The van der Waals surface area contributed by atoms with Crippen LogP contribution in [-0.4, -0.2) is 17.6 Å². The predicted molar refractivity (Wildman–Crippen MR) is 66.1 cm³/mol. The number of amides is 1. The summed E-state index contributed by atoms with van der Waals surface area (Å²) >= 11 is 3.14. The summed E-state index contributed by atoms with van der Waals surface area (Å²) in [5.41, 5.74) is 0.376. The summed E-state index contributed by atoms with van der Waals surface area (Å²) in [6.07, 6.45) is 0.149. The Morgan fingerprint density at radius 3 is 2.82 bits per heavy atom. The first kappa shape index (κ1) is 13.4. The number of carbonyl (C=O) groups is 1. The molecule has 6 nitrogen and oxygen atoms in total. The highest BCUT2D eigenvalue weighted by molar-refractivity contribution is 9.10. The number of carbonyl (C=O) groups excluding carboxylic acids is 1. The first-order valence-electron chi connectivity index (χ1n) is 4.92. The third kappa shape index (κ3) is 4.03. The van der Waals surface area contributed by atoms with Gasteiger partial charge in [-0.15, -0.1) is 0 Å². The molecule has 1 aromatic carbocycles. The Balaban J connectivity index is 2.72. The number of benzene rings is 1. The van der Waals surface area contributed by atoms with Crippen LogP contribution in [0.1, 0.15) is 13.3 Å². The van der Waals surface area contributed by atoms with E-state index >= 15 is 0 Å². The molecule has 0 aliphatic heterocycles. The van der Waals surface area contributed by atoms with Crippen LogP contribution < -0.4 is 5.32 Å². The Kier molecular flexibility index (Phi) is 4.89. The van der Waals surface area contributed by atoms with Crippen LogP contribution in [0.25, 0.3) is 0 Å². The quantitative estimate of drug-likeness (QED) is 0.683. The van der Waals surface area contributed by atoms with Crippen LogP contribution in [0.4, 0.5) is 16.2 Å². The molecule has 7 heteroatoms. The van der Waals surface area contributed by atoms with Crippen molar-refractivity contribution in [1.29, 1.82) is 0 Å². The fourth-order valence-corrected chi connectivity index (χ4v) is 1.53. The maximum absolute atomic E-state index is 11.3. The number of anilines is 1. The summed E-state index contributed by atoms with van der Waals surface area (Å²) in [6, 6.07) is 4.06. The van der Waals surface area contributed by atoms with Crippen molar-refractivity contribution in [3.8, 4) is 0 Å². The zero-order valence-electron chi connectivity index (χ0n) is 9.10. The molecule has 0 saturated carbocycles. The van der Waals surface area contributed by atoms with Crippen molar-refractivity contribution >= 4 is 33.4 Å². The van der Waals surface area contributed by atoms with Crippen molar-refractivity contribution in [2.45, 2.75) is 13.3 Å². The lowest BCUT2D eigenvalue weighted by atomic mass is 10.3. The number of nitro groups is 1. The van der Waals surface area contributed by atoms with Crippen LogP contribution >= 0.6 is 15.9 Å². The molecule has 0 atom stereocenters. The second kappa shape index (κ2) is 6.19. The summed E-state index contributed by atoms with van der Waals surface area (Å²) in [4.78, 5) is 21.2. The minimum atomic E-state index is -0.582. The van der Waals surface area contributed by atoms with Crippen LogP contribution in [0.15, 0.2) is 22.7 Å². The van der Waals surface area contributed by atoms with Gasteiger partial charge in [0.15, 0.2) is 0 Å². The van der Waals surface area contributed by atoms with Gasteiger partial charge < -0.3 is 4.74 Å². The van der Waals surface area contributed by atoms with Crippen molar-refractivity contribution in [1.82, 2.24) is 0 Å². The average Bonchev–Trinajstić information content (AvgIpc) is 2.28. The van der Waals surface area contributed by atoms with Crippen LogP contribution in [-0.2, 0) is 4.74 Å². The molecule has 17 heavy (non-hydrogen) atoms. The zero-order valence-corrected chi connectivity index (χ0v) is 10.7. The van der Waals surface area contributed by atoms with Gasteiger partial charge in [0.25, 0.3) is 5.69 Å². The van der Waals surface area contributed by atoms with Gasteiger partial charge >= 0.3 is 6.09 Å². The largest absolute Gasteiger partial charge is 0.449 e. The molecular formula is C10H11BrN2O4. The van der Waals surface area contributed by atoms with E-state index in [0.29, 0.717) is 16.8 Å². The van der Waals surface area contributed by atoms with Crippen molar-refractivity contribution in [3.63, 3.8) is 0 Å². The molecule has 1 aromatic rings. The molecule has 0 aliphatic carbocycles. The number of ether oxygens (including phenoxy) is 1. The fraction of sp³-hybridized carbons (Fsp3) is 0.300. The topological polar surface area (TPSA) is 81.5 Å². The minimum Gasteiger partial charge on any atom is -0.449 e. The molecule has 0 saturated heterocycles. The number of non-ortho nitro benzene ring substituents is 1. The highest BCUT2D eigenvalue weighted by Gasteiger charge is 2.11. The number of rotatable bonds is 4. The molecule has 1 rings (SSSR count). The normalized spacial score (nSPS) is 9.76. The fourth-order valence-electron chi connectivity index (χ4n) is 1.06. The first-order valence-corrected chi connectivity index (χ1v) is 5.71. The van der Waals surface area contributed by atoms with Crippen molar-refractivity contribution < 1.29 is 14.5 Å². The standard InChI is InChI=1S/C10H11BrN2O4/c1-2-5-17-10(14)12-9-4-3-7(13(15)16)6-8(9)11/h3-4,6H,2,5H2,1H3,(H,12,14). The molecule has 1 N–H and O–H groups in total. The van der Waals surface area contributed by atoms with Crippen molar-refractivity contribution in [2.24, 2.45) is 0 Å². The number of nitrogens with one attached hydrogen (secondary N) is 1. The zero-order chi connectivity index (χ0) is 12.8. The molecule has 1 amide bonds. The van der Waals surface area contributed by atoms with E-state index in [9.17, 15) is 14.9 Å². The number of halogens is 1. The third-order valence-corrected chi connectivity index (χ3v) is 2.49. The van der Waals surface area contributed by atoms with E-state index in [2.05, 4.69) is 21.2 Å². The summed E-state index contributed by atoms with van der Waals surface area (Å²) in [5.74, 6) is 0. The molecular weight excluding hydrogens is 292 g/mol. The molecule has 0 aromatic heterocycles. The van der Waals surface area contributed by atoms with Gasteiger partial charge in [0.05, 0.1) is 17.2 Å². The van der Waals surface area contributed by atoms with Gasteiger partial charge in [-0.25, -0.2) is 4.79 Å². The summed E-state index contributed by atoms with van der Waals surface area (Å²) in [7, 11) is 0. The molecule has 0 unspecified atom stereocenters. The number of hydrogen-bond donors (Lipinski definition) is 1. The summed E-state index contributed by atoms with van der Waals surface area (Å²) in [5, 5.41) is 13.0. The predicted octanol–water partition coefficient (Wildman–Crippen LogP) is 3.32. The van der Waals surface area contributed by atoms with E-state index < -0.39 is 11.0 Å². The lowest BCUT2D eigenvalue weighted by molar-refractivity contribution is -0.384. The Morgan fingerprint density at radius 1 is 1.59 bits per heavy atom. The van der Waals surface area contributed by atoms with Crippen molar-refractivity contribution in [3.05, 3.63) is 32.8 Å². The Hall–Kier alpha value is -1.63. The van der Waals surface area contributed by atoms with Gasteiger partial charge in [0.2, 0.25) is 0 Å². The van der Waals surface area contributed by atoms with Crippen LogP contribution in [0.3, 0.4) is 0 Å². The highest BCUT2D eigenvalue weighted by Crippen LogP contribution is 2.27. The Morgan fingerprint density at radius 2 is 2.29 bits per heavy atom. The number of nitro benzene ring substituents is 1. The highest BCUT2D eigenvalue weighted by atomic mass is 79.9. The SMILES string of the molecule is CCCOC(=O)Nc1ccc([N+](=O)[O-])cc1Br. The van der Waals surface area contributed by atoms with E-state index in [1.165, 1.54) is 18.2 Å². The molecule has 0 radical (unpaired) electrons. The van der Waals surface area contributed by atoms with E-state index in [0.717, 1.165) is 6.42 Å². The third-order valence-electron chi connectivity index (χ3n) is 1.84. The van der Waals surface area contributed by atoms with E-state index in [-0.39, 0.29) is 5.69 Å². The minimum absolute atomic E-state index is 0.0515. The van der Waals surface area contributed by atoms with E-state index in [1.807, 2.05) is 6.92 Å². The Bertz CT molecular complexity index is 436. The molecule has 0 bridgehead atoms. The second-order valence-corrected chi connectivity index (χ2v) is 4.04. The van der Waals surface area contributed by atoms with Crippen LogP contribution in [0, 0.1) is 10.1 Å². The summed E-state index contributed by atoms with van der Waals surface area (Å²) < 4.78 is 5.25. The molecule has 92 valence electrons. The van der Waals surface area contributed by atoms with E-state index in [4.69, 9.17) is 4.74 Å². The van der Waals surface area contributed by atoms with Gasteiger partial charge in [-0.3, -0.25) is 15.4 Å². The molecule has 0 aliphatic rings.